The van der Waals surface area contributed by atoms with Gasteiger partial charge in [-0.25, -0.2) is 0 Å². The Hall–Kier alpha value is -2.65. The number of ether oxygens (including phenoxy) is 4. The summed E-state index contributed by atoms with van der Waals surface area (Å²) in [4.78, 5) is 25.1. The van der Waals surface area contributed by atoms with E-state index in [4.69, 9.17) is 18.9 Å². The molecule has 6 atom stereocenters. The molecule has 298 valence electrons. The third-order valence-corrected chi connectivity index (χ3v) is 8.84. The molecule has 6 unspecified atom stereocenters. The predicted octanol–water partition coefficient (Wildman–Crippen LogP) is 6.22. The van der Waals surface area contributed by atoms with Crippen LogP contribution in [-0.2, 0) is 38.7 Å². The summed E-state index contributed by atoms with van der Waals surface area (Å²) in [7, 11) is -4.61. The first-order valence-electron chi connectivity index (χ1n) is 18.8. The number of carbonyl (C=O) groups is 2. The van der Waals surface area contributed by atoms with E-state index in [0.29, 0.717) is 19.3 Å². The predicted molar refractivity (Wildman–Crippen MR) is 201 cm³/mol. The molecular weight excluding hydrogens is 692 g/mol. The molecule has 52 heavy (non-hydrogen) atoms. The van der Waals surface area contributed by atoms with E-state index < -0.39 is 71.2 Å². The number of hydrogen-bond donors (Lipinski definition) is 4. The molecule has 0 aromatic heterocycles. The summed E-state index contributed by atoms with van der Waals surface area (Å²) in [5.74, 6) is -2.11. The highest BCUT2D eigenvalue weighted by atomic mass is 32.2. The lowest BCUT2D eigenvalue weighted by atomic mass is 10.00. The molecule has 1 aliphatic rings. The van der Waals surface area contributed by atoms with Gasteiger partial charge in [0.2, 0.25) is 0 Å². The SMILES string of the molecule is CC/C=C\C/C=C\C/C=C\C/C=C\CCC(=O)OC(COC(=O)CCCCCCC/C=C\CCCC)COC1OC(CS(=O)(=O)O)C(O)C(O)C1O. The minimum absolute atomic E-state index is 0.0388. The molecule has 1 fully saturated rings. The zero-order valence-corrected chi connectivity index (χ0v) is 32.0. The number of aliphatic hydroxyl groups is 3. The normalized spacial score (nSPS) is 22.0. The fraction of sp³-hybridized carbons (Fsp3) is 0.692. The zero-order valence-electron chi connectivity index (χ0n) is 31.1. The molecule has 0 saturated carbocycles. The quantitative estimate of drug-likeness (QED) is 0.0293. The molecule has 0 aromatic carbocycles. The average molecular weight is 757 g/mol. The van der Waals surface area contributed by atoms with E-state index in [2.05, 4.69) is 56.4 Å². The van der Waals surface area contributed by atoms with Gasteiger partial charge in [0.25, 0.3) is 10.1 Å². The van der Waals surface area contributed by atoms with Crippen LogP contribution in [0.25, 0.3) is 0 Å². The Morgan fingerprint density at radius 2 is 1.25 bits per heavy atom. The van der Waals surface area contributed by atoms with Gasteiger partial charge in [-0.1, -0.05) is 107 Å². The fourth-order valence-corrected chi connectivity index (χ4v) is 5.83. The van der Waals surface area contributed by atoms with Crippen molar-refractivity contribution in [1.29, 1.82) is 0 Å². The zero-order chi connectivity index (χ0) is 38.5. The summed E-state index contributed by atoms with van der Waals surface area (Å²) in [5.41, 5.74) is 0. The van der Waals surface area contributed by atoms with Crippen LogP contribution in [-0.4, -0.2) is 96.0 Å². The minimum atomic E-state index is -4.61. The summed E-state index contributed by atoms with van der Waals surface area (Å²) in [6.07, 6.45) is 24.5. The molecule has 0 aliphatic carbocycles. The highest BCUT2D eigenvalue weighted by Gasteiger charge is 2.46. The summed E-state index contributed by atoms with van der Waals surface area (Å²) in [6, 6.07) is 0. The number of esters is 2. The van der Waals surface area contributed by atoms with Gasteiger partial charge in [0, 0.05) is 12.8 Å². The lowest BCUT2D eigenvalue weighted by Crippen LogP contribution is -2.60. The molecule has 1 heterocycles. The molecule has 1 saturated heterocycles. The van der Waals surface area contributed by atoms with Crippen molar-refractivity contribution >= 4 is 22.1 Å². The minimum Gasteiger partial charge on any atom is -0.462 e. The molecule has 0 aromatic rings. The maximum absolute atomic E-state index is 12.7. The largest absolute Gasteiger partial charge is 0.462 e. The number of aliphatic hydroxyl groups excluding tert-OH is 3. The molecule has 13 heteroatoms. The van der Waals surface area contributed by atoms with Gasteiger partial charge in [-0.15, -0.1) is 0 Å². The van der Waals surface area contributed by atoms with Crippen LogP contribution in [0.4, 0.5) is 0 Å². The topological polar surface area (TPSA) is 186 Å². The van der Waals surface area contributed by atoms with Crippen LogP contribution in [0.1, 0.15) is 117 Å². The van der Waals surface area contributed by atoms with Crippen molar-refractivity contribution in [1.82, 2.24) is 0 Å². The standard InChI is InChI=1S/C39H64O12S/c1-3-5-7-9-11-13-15-16-18-20-22-24-26-28-35(41)50-32(29-48-34(40)27-25-23-21-19-17-14-12-10-8-6-4-2)30-49-39-38(44)37(43)36(42)33(51-39)31-52(45,46)47/h5,7,10-13,16,18,22,24,32-33,36-39,42-44H,3-4,6,8-9,14-15,17,19-21,23,25-31H2,1-2H3,(H,45,46,47)/b7-5-,12-10-,13-11-,18-16-,24-22-. The number of unbranched alkanes of at least 4 members (excludes halogenated alkanes) is 7. The van der Waals surface area contributed by atoms with E-state index in [0.717, 1.165) is 57.8 Å². The second-order valence-corrected chi connectivity index (χ2v) is 14.3. The molecular formula is C39H64O12S. The smallest absolute Gasteiger partial charge is 0.306 e. The second-order valence-electron chi connectivity index (χ2n) is 12.9. The Balaban J connectivity index is 2.61. The summed E-state index contributed by atoms with van der Waals surface area (Å²) in [5, 5.41) is 30.7. The van der Waals surface area contributed by atoms with Gasteiger partial charge in [-0.2, -0.15) is 8.42 Å². The third-order valence-electron chi connectivity index (χ3n) is 8.09. The van der Waals surface area contributed by atoms with E-state index in [9.17, 15) is 37.9 Å². The number of rotatable bonds is 29. The second kappa shape index (κ2) is 29.8. The van der Waals surface area contributed by atoms with E-state index in [1.165, 1.54) is 12.8 Å². The average Bonchev–Trinajstić information content (AvgIpc) is 3.10. The summed E-state index contributed by atoms with van der Waals surface area (Å²) < 4.78 is 53.6. The molecule has 4 N–H and O–H groups in total. The Kier molecular flexibility index (Phi) is 27.1. The van der Waals surface area contributed by atoms with Gasteiger partial charge >= 0.3 is 11.9 Å². The van der Waals surface area contributed by atoms with Gasteiger partial charge in [-0.05, 0) is 57.8 Å². The van der Waals surface area contributed by atoms with Crippen molar-refractivity contribution in [2.24, 2.45) is 0 Å². The lowest BCUT2D eigenvalue weighted by molar-refractivity contribution is -0.297. The van der Waals surface area contributed by atoms with E-state index >= 15 is 0 Å². The fourth-order valence-electron chi connectivity index (χ4n) is 5.14. The van der Waals surface area contributed by atoms with Gasteiger partial charge in [-0.3, -0.25) is 14.1 Å². The molecule has 0 spiro atoms. The Morgan fingerprint density at radius 3 is 1.88 bits per heavy atom. The molecule has 1 aliphatic heterocycles. The lowest BCUT2D eigenvalue weighted by Gasteiger charge is -2.40. The van der Waals surface area contributed by atoms with Gasteiger partial charge in [0.05, 0.1) is 6.61 Å². The van der Waals surface area contributed by atoms with Crippen LogP contribution in [0.15, 0.2) is 60.8 Å². The number of hydrogen-bond acceptors (Lipinski definition) is 11. The van der Waals surface area contributed by atoms with Crippen molar-refractivity contribution < 1.29 is 56.8 Å². The van der Waals surface area contributed by atoms with Crippen LogP contribution in [0.3, 0.4) is 0 Å². The Bertz CT molecular complexity index is 1210. The van der Waals surface area contributed by atoms with Crippen molar-refractivity contribution in [2.75, 3.05) is 19.0 Å². The maximum atomic E-state index is 12.7. The third kappa shape index (κ3) is 24.6. The molecule has 1 rings (SSSR count). The summed E-state index contributed by atoms with van der Waals surface area (Å²) in [6.45, 7) is 3.48. The molecule has 0 radical (unpaired) electrons. The van der Waals surface area contributed by atoms with Crippen LogP contribution in [0.2, 0.25) is 0 Å². The molecule has 12 nitrogen and oxygen atoms in total. The van der Waals surface area contributed by atoms with Gasteiger partial charge < -0.3 is 34.3 Å². The Morgan fingerprint density at radius 1 is 0.673 bits per heavy atom. The van der Waals surface area contributed by atoms with Crippen LogP contribution in [0.5, 0.6) is 0 Å². The highest BCUT2D eigenvalue weighted by molar-refractivity contribution is 7.85. The van der Waals surface area contributed by atoms with Crippen molar-refractivity contribution in [3.8, 4) is 0 Å². The van der Waals surface area contributed by atoms with Crippen LogP contribution < -0.4 is 0 Å². The van der Waals surface area contributed by atoms with Crippen molar-refractivity contribution in [2.45, 2.75) is 153 Å². The molecule has 0 amide bonds. The van der Waals surface area contributed by atoms with Crippen LogP contribution in [0, 0.1) is 0 Å². The van der Waals surface area contributed by atoms with Gasteiger partial charge in [0.1, 0.15) is 36.8 Å². The maximum Gasteiger partial charge on any atom is 0.306 e. The van der Waals surface area contributed by atoms with Gasteiger partial charge in [0.15, 0.2) is 12.4 Å². The first-order chi connectivity index (χ1) is 25.0. The summed E-state index contributed by atoms with van der Waals surface area (Å²) >= 11 is 0. The monoisotopic (exact) mass is 756 g/mol. The van der Waals surface area contributed by atoms with E-state index in [1.807, 2.05) is 18.2 Å². The first-order valence-corrected chi connectivity index (χ1v) is 20.5. The van der Waals surface area contributed by atoms with Crippen molar-refractivity contribution in [3.63, 3.8) is 0 Å². The first kappa shape index (κ1) is 47.4. The number of carbonyl (C=O) groups excluding carboxylic acids is 2. The molecule has 0 bridgehead atoms. The van der Waals surface area contributed by atoms with E-state index in [-0.39, 0.29) is 19.4 Å². The van der Waals surface area contributed by atoms with Crippen LogP contribution >= 0.6 is 0 Å². The Labute approximate surface area is 311 Å². The van der Waals surface area contributed by atoms with E-state index in [1.54, 1.807) is 0 Å². The highest BCUT2D eigenvalue weighted by Crippen LogP contribution is 2.23. The van der Waals surface area contributed by atoms with Crippen molar-refractivity contribution in [3.05, 3.63) is 60.8 Å². The number of allylic oxidation sites excluding steroid dienone is 10.